The van der Waals surface area contributed by atoms with E-state index in [9.17, 15) is 9.59 Å². The van der Waals surface area contributed by atoms with Crippen molar-refractivity contribution in [3.63, 3.8) is 0 Å². The minimum Gasteiger partial charge on any atom is -0.356 e. The van der Waals surface area contributed by atoms with Gasteiger partial charge in [-0.1, -0.05) is 18.5 Å². The molecule has 0 saturated carbocycles. The number of carbonyl (C=O) groups excluding carboxylic acids is 2. The molecule has 0 aliphatic heterocycles. The number of rotatable bonds is 7. The monoisotopic (exact) mass is 318 g/mol. The summed E-state index contributed by atoms with van der Waals surface area (Å²) in [7, 11) is 0. The van der Waals surface area contributed by atoms with Gasteiger partial charge in [0.25, 0.3) is 0 Å². The summed E-state index contributed by atoms with van der Waals surface area (Å²) in [6, 6.07) is 6.66. The number of carbonyl (C=O) groups is 2. The third kappa shape index (κ3) is 6.89. The smallest absolute Gasteiger partial charge is 0.220 e. The van der Waals surface area contributed by atoms with E-state index in [4.69, 9.17) is 17.3 Å². The van der Waals surface area contributed by atoms with Crippen LogP contribution in [0.15, 0.2) is 24.3 Å². The van der Waals surface area contributed by atoms with Gasteiger partial charge in [-0.15, -0.1) is 12.4 Å². The van der Waals surface area contributed by atoms with Crippen LogP contribution in [-0.4, -0.2) is 24.8 Å². The second kappa shape index (κ2) is 9.75. The van der Waals surface area contributed by atoms with Crippen molar-refractivity contribution in [3.8, 4) is 0 Å². The highest BCUT2D eigenvalue weighted by Crippen LogP contribution is 2.11. The van der Waals surface area contributed by atoms with Crippen LogP contribution in [0, 0.1) is 5.92 Å². The molecule has 0 radical (unpaired) electrons. The van der Waals surface area contributed by atoms with Crippen molar-refractivity contribution in [3.05, 3.63) is 34.9 Å². The summed E-state index contributed by atoms with van der Waals surface area (Å²) < 4.78 is 0. The number of Topliss-reactive ketones (excluding diaryl/α,β-unsaturated/α-hetero) is 1. The quantitative estimate of drug-likeness (QED) is 0.758. The molecule has 0 fully saturated rings. The first kappa shape index (κ1) is 18.9. The van der Waals surface area contributed by atoms with E-state index in [1.54, 1.807) is 24.3 Å². The normalized spacial score (nSPS) is 11.3. The molecule has 1 aromatic rings. The first-order chi connectivity index (χ1) is 9.02. The van der Waals surface area contributed by atoms with Gasteiger partial charge in [0.15, 0.2) is 5.78 Å². The van der Waals surface area contributed by atoms with Crippen molar-refractivity contribution < 1.29 is 9.59 Å². The van der Waals surface area contributed by atoms with E-state index in [1.807, 2.05) is 6.92 Å². The van der Waals surface area contributed by atoms with E-state index in [0.29, 0.717) is 23.7 Å². The lowest BCUT2D eigenvalue weighted by Gasteiger charge is -2.09. The van der Waals surface area contributed by atoms with Crippen molar-refractivity contribution in [1.82, 2.24) is 5.32 Å². The molecule has 0 aromatic heterocycles. The average Bonchev–Trinajstić information content (AvgIpc) is 2.42. The second-order valence-corrected chi connectivity index (χ2v) is 5.01. The van der Waals surface area contributed by atoms with Crippen molar-refractivity contribution in [2.24, 2.45) is 11.7 Å². The third-order valence-corrected chi connectivity index (χ3v) is 3.05. The summed E-state index contributed by atoms with van der Waals surface area (Å²) in [5.74, 6) is 0.0669. The van der Waals surface area contributed by atoms with Crippen molar-refractivity contribution in [2.45, 2.75) is 19.8 Å². The maximum atomic E-state index is 11.8. The number of nitrogens with one attached hydrogen (secondary N) is 1. The number of hydrogen-bond acceptors (Lipinski definition) is 3. The fourth-order valence-corrected chi connectivity index (χ4v) is 1.59. The van der Waals surface area contributed by atoms with E-state index in [-0.39, 0.29) is 42.9 Å². The maximum Gasteiger partial charge on any atom is 0.220 e. The number of amides is 1. The van der Waals surface area contributed by atoms with Gasteiger partial charge in [-0.05, 0) is 36.7 Å². The Kier molecular flexibility index (Phi) is 9.21. The minimum atomic E-state index is -0.123. The molecule has 112 valence electrons. The number of halogens is 2. The Bertz CT molecular complexity index is 435. The molecule has 0 bridgehead atoms. The molecular weight excluding hydrogens is 299 g/mol. The summed E-state index contributed by atoms with van der Waals surface area (Å²) in [5, 5.41) is 3.35. The molecule has 1 rings (SSSR count). The Hall–Kier alpha value is -1.10. The predicted octanol–water partition coefficient (Wildman–Crippen LogP) is 2.44. The van der Waals surface area contributed by atoms with Gasteiger partial charge in [0.2, 0.25) is 5.91 Å². The summed E-state index contributed by atoms with van der Waals surface area (Å²) >= 11 is 5.74. The Morgan fingerprint density at radius 2 is 1.85 bits per heavy atom. The summed E-state index contributed by atoms with van der Waals surface area (Å²) in [6.45, 7) is 3.04. The molecule has 3 N–H and O–H groups in total. The highest BCUT2D eigenvalue weighted by Gasteiger charge is 2.09. The zero-order chi connectivity index (χ0) is 14.3. The fourth-order valence-electron chi connectivity index (χ4n) is 1.47. The van der Waals surface area contributed by atoms with Crippen LogP contribution in [0.3, 0.4) is 0 Å². The number of hydrogen-bond donors (Lipinski definition) is 2. The predicted molar refractivity (Wildman–Crippen MR) is 83.5 cm³/mol. The fraction of sp³-hybridized carbons (Fsp3) is 0.429. The number of nitrogens with two attached hydrogens (primary N) is 1. The first-order valence-corrected chi connectivity index (χ1v) is 6.66. The van der Waals surface area contributed by atoms with Gasteiger partial charge >= 0.3 is 0 Å². The van der Waals surface area contributed by atoms with E-state index < -0.39 is 0 Å². The molecule has 6 heteroatoms. The van der Waals surface area contributed by atoms with E-state index in [1.165, 1.54) is 0 Å². The minimum absolute atomic E-state index is 0. The lowest BCUT2D eigenvalue weighted by molar-refractivity contribution is -0.121. The molecular formula is C14H20Cl2N2O2. The van der Waals surface area contributed by atoms with Crippen molar-refractivity contribution in [2.75, 3.05) is 13.1 Å². The van der Waals surface area contributed by atoms with E-state index >= 15 is 0 Å². The second-order valence-electron chi connectivity index (χ2n) is 4.58. The SMILES string of the molecule is CC(CN)CNC(=O)CCC(=O)c1ccc(Cl)cc1.Cl. The van der Waals surface area contributed by atoms with Crippen LogP contribution in [0.4, 0.5) is 0 Å². The van der Waals surface area contributed by atoms with Crippen LogP contribution in [0.5, 0.6) is 0 Å². The van der Waals surface area contributed by atoms with Crippen LogP contribution < -0.4 is 11.1 Å². The summed E-state index contributed by atoms with van der Waals surface area (Å²) in [5.41, 5.74) is 6.03. The molecule has 1 unspecified atom stereocenters. The van der Waals surface area contributed by atoms with Gasteiger partial charge in [0.05, 0.1) is 0 Å². The molecule has 1 atom stereocenters. The zero-order valence-corrected chi connectivity index (χ0v) is 13.0. The Labute approximate surface area is 130 Å². The topological polar surface area (TPSA) is 72.2 Å². The molecule has 4 nitrogen and oxygen atoms in total. The Morgan fingerprint density at radius 3 is 2.40 bits per heavy atom. The lowest BCUT2D eigenvalue weighted by Crippen LogP contribution is -2.31. The number of ketones is 1. The highest BCUT2D eigenvalue weighted by atomic mass is 35.5. The van der Waals surface area contributed by atoms with Crippen LogP contribution in [0.2, 0.25) is 5.02 Å². The molecule has 0 saturated heterocycles. The molecule has 20 heavy (non-hydrogen) atoms. The third-order valence-electron chi connectivity index (χ3n) is 2.80. The number of benzene rings is 1. The van der Waals surface area contributed by atoms with Crippen LogP contribution in [0.1, 0.15) is 30.1 Å². The van der Waals surface area contributed by atoms with Crippen molar-refractivity contribution in [1.29, 1.82) is 0 Å². The summed E-state index contributed by atoms with van der Waals surface area (Å²) in [6.07, 6.45) is 0.392. The van der Waals surface area contributed by atoms with E-state index in [0.717, 1.165) is 0 Å². The molecule has 0 aliphatic rings. The Morgan fingerprint density at radius 1 is 1.25 bits per heavy atom. The highest BCUT2D eigenvalue weighted by molar-refractivity contribution is 6.30. The van der Waals surface area contributed by atoms with Crippen molar-refractivity contribution >= 4 is 35.7 Å². The standard InChI is InChI=1S/C14H19ClN2O2.ClH/c1-10(8-16)9-17-14(19)7-6-13(18)11-2-4-12(15)5-3-11;/h2-5,10H,6-9,16H2,1H3,(H,17,19);1H. The van der Waals surface area contributed by atoms with Gasteiger partial charge < -0.3 is 11.1 Å². The molecule has 1 aromatic carbocycles. The van der Waals surface area contributed by atoms with Gasteiger partial charge in [0.1, 0.15) is 0 Å². The van der Waals surface area contributed by atoms with E-state index in [2.05, 4.69) is 5.32 Å². The summed E-state index contributed by atoms with van der Waals surface area (Å²) in [4.78, 5) is 23.3. The van der Waals surface area contributed by atoms with Gasteiger partial charge in [0, 0.05) is 30.0 Å². The first-order valence-electron chi connectivity index (χ1n) is 6.28. The molecule has 0 spiro atoms. The van der Waals surface area contributed by atoms with Crippen LogP contribution in [-0.2, 0) is 4.79 Å². The maximum absolute atomic E-state index is 11.8. The van der Waals surface area contributed by atoms with Crippen LogP contribution in [0.25, 0.3) is 0 Å². The molecule has 1 amide bonds. The molecule has 0 heterocycles. The zero-order valence-electron chi connectivity index (χ0n) is 11.4. The largest absolute Gasteiger partial charge is 0.356 e. The van der Waals surface area contributed by atoms with Gasteiger partial charge in [-0.25, -0.2) is 0 Å². The molecule has 0 aliphatic carbocycles. The van der Waals surface area contributed by atoms with Gasteiger partial charge in [-0.3, -0.25) is 9.59 Å². The Balaban J connectivity index is 0.00000361. The average molecular weight is 319 g/mol. The van der Waals surface area contributed by atoms with Gasteiger partial charge in [-0.2, -0.15) is 0 Å². The van der Waals surface area contributed by atoms with Crippen LogP contribution >= 0.6 is 24.0 Å². The lowest BCUT2D eigenvalue weighted by atomic mass is 10.1.